The number of thiophene rings is 1. The Bertz CT molecular complexity index is 913. The van der Waals surface area contributed by atoms with Crippen molar-refractivity contribution >= 4 is 33.5 Å². The number of hydrogen-bond donors (Lipinski definition) is 1. The monoisotopic (exact) mass is 353 g/mol. The Morgan fingerprint density at radius 2 is 2.00 bits per heavy atom. The van der Waals surface area contributed by atoms with Crippen LogP contribution in [0.3, 0.4) is 0 Å². The number of rotatable bonds is 5. The third kappa shape index (κ3) is 3.11. The topological polar surface area (TPSA) is 46.4 Å². The number of hydrogen-bond acceptors (Lipinski definition) is 4. The number of imidazole rings is 1. The lowest BCUT2D eigenvalue weighted by molar-refractivity contribution is -0.121. The average Bonchev–Trinajstić information content (AvgIpc) is 3.30. The minimum atomic E-state index is -0.123. The van der Waals surface area contributed by atoms with Gasteiger partial charge in [-0.05, 0) is 17.0 Å². The lowest BCUT2D eigenvalue weighted by atomic mass is 10.1. The smallest absolute Gasteiger partial charge is 0.226 e. The lowest BCUT2D eigenvalue weighted by Gasteiger charge is -2.17. The quantitative estimate of drug-likeness (QED) is 0.591. The molecule has 120 valence electrons. The predicted molar refractivity (Wildman–Crippen MR) is 97.5 cm³/mol. The van der Waals surface area contributed by atoms with Gasteiger partial charge in [0, 0.05) is 22.7 Å². The van der Waals surface area contributed by atoms with Crippen LogP contribution in [0.5, 0.6) is 0 Å². The van der Waals surface area contributed by atoms with Crippen LogP contribution in [-0.4, -0.2) is 15.3 Å². The molecule has 0 spiro atoms. The van der Waals surface area contributed by atoms with E-state index in [4.69, 9.17) is 0 Å². The van der Waals surface area contributed by atoms with Crippen molar-refractivity contribution < 1.29 is 4.79 Å². The summed E-state index contributed by atoms with van der Waals surface area (Å²) in [6, 6.07) is 14.0. The van der Waals surface area contributed by atoms with Crippen molar-refractivity contribution in [1.29, 1.82) is 0 Å². The van der Waals surface area contributed by atoms with Crippen LogP contribution in [-0.2, 0) is 11.2 Å². The molecular weight excluding hydrogens is 338 g/mol. The van der Waals surface area contributed by atoms with E-state index in [1.807, 2.05) is 64.0 Å². The summed E-state index contributed by atoms with van der Waals surface area (Å²) < 4.78 is 1.95. The second-order valence-electron chi connectivity index (χ2n) is 5.43. The average molecular weight is 353 g/mol. The van der Waals surface area contributed by atoms with Gasteiger partial charge >= 0.3 is 0 Å². The van der Waals surface area contributed by atoms with E-state index in [2.05, 4.69) is 16.4 Å². The number of nitrogens with one attached hydrogen (secondary N) is 1. The van der Waals surface area contributed by atoms with Crippen LogP contribution in [0.15, 0.2) is 65.6 Å². The fourth-order valence-corrected chi connectivity index (χ4v) is 4.18. The number of fused-ring (bicyclic) bond motifs is 1. The summed E-state index contributed by atoms with van der Waals surface area (Å²) in [5.74, 6) is -0.0250. The molecule has 0 bridgehead atoms. The van der Waals surface area contributed by atoms with Crippen molar-refractivity contribution in [2.45, 2.75) is 12.5 Å². The lowest BCUT2D eigenvalue weighted by Crippen LogP contribution is -2.30. The van der Waals surface area contributed by atoms with Gasteiger partial charge in [0.05, 0.1) is 18.2 Å². The zero-order chi connectivity index (χ0) is 16.4. The molecule has 6 heteroatoms. The van der Waals surface area contributed by atoms with Gasteiger partial charge in [-0.1, -0.05) is 36.4 Å². The number of amides is 1. The molecule has 4 rings (SSSR count). The minimum Gasteiger partial charge on any atom is -0.344 e. The molecule has 0 aliphatic heterocycles. The van der Waals surface area contributed by atoms with E-state index >= 15 is 0 Å². The molecule has 1 amide bonds. The van der Waals surface area contributed by atoms with Gasteiger partial charge in [0.2, 0.25) is 5.91 Å². The normalized spacial score (nSPS) is 12.3. The van der Waals surface area contributed by atoms with Crippen molar-refractivity contribution in [3.63, 3.8) is 0 Å². The maximum Gasteiger partial charge on any atom is 0.226 e. The molecule has 0 radical (unpaired) electrons. The molecule has 0 unspecified atom stereocenters. The molecule has 0 aliphatic rings. The van der Waals surface area contributed by atoms with Gasteiger partial charge in [-0.2, -0.15) is 0 Å². The SMILES string of the molecule is O=C(Cc1cn2ccsc2n1)N[C@H](c1ccccc1)c1cccs1. The molecule has 0 aliphatic carbocycles. The van der Waals surface area contributed by atoms with Crippen LogP contribution in [0.4, 0.5) is 0 Å². The second kappa shape index (κ2) is 6.59. The van der Waals surface area contributed by atoms with E-state index in [0.717, 1.165) is 21.1 Å². The molecule has 1 N–H and O–H groups in total. The van der Waals surface area contributed by atoms with Gasteiger partial charge in [0.15, 0.2) is 4.96 Å². The Kier molecular flexibility index (Phi) is 4.15. The maximum atomic E-state index is 12.5. The first kappa shape index (κ1) is 15.1. The van der Waals surface area contributed by atoms with E-state index in [0.29, 0.717) is 0 Å². The first-order chi connectivity index (χ1) is 11.8. The summed E-state index contributed by atoms with van der Waals surface area (Å²) in [4.78, 5) is 19.1. The summed E-state index contributed by atoms with van der Waals surface area (Å²) in [6.07, 6.45) is 4.14. The van der Waals surface area contributed by atoms with Crippen molar-refractivity contribution in [3.05, 3.63) is 81.8 Å². The Labute approximate surface area is 147 Å². The van der Waals surface area contributed by atoms with E-state index in [9.17, 15) is 4.79 Å². The molecule has 0 saturated heterocycles. The number of thiazole rings is 1. The van der Waals surface area contributed by atoms with E-state index < -0.39 is 0 Å². The molecule has 4 aromatic rings. The fraction of sp³-hybridized carbons (Fsp3) is 0.111. The predicted octanol–water partition coefficient (Wildman–Crippen LogP) is 3.91. The first-order valence-corrected chi connectivity index (χ1v) is 9.34. The third-order valence-corrected chi connectivity index (χ3v) is 5.46. The molecule has 1 atom stereocenters. The summed E-state index contributed by atoms with van der Waals surface area (Å²) in [5.41, 5.74) is 1.87. The Morgan fingerprint density at radius 1 is 1.12 bits per heavy atom. The van der Waals surface area contributed by atoms with Crippen LogP contribution in [0, 0.1) is 0 Å². The van der Waals surface area contributed by atoms with Crippen molar-refractivity contribution in [2.24, 2.45) is 0 Å². The van der Waals surface area contributed by atoms with Gasteiger partial charge in [0.25, 0.3) is 0 Å². The molecule has 0 saturated carbocycles. The highest BCUT2D eigenvalue weighted by Gasteiger charge is 2.18. The molecule has 0 fully saturated rings. The standard InChI is InChI=1S/C18H15N3OS2/c22-16(11-14-12-21-8-10-24-18(21)19-14)20-17(15-7-4-9-23-15)13-5-2-1-3-6-13/h1-10,12,17H,11H2,(H,20,22)/t17-/m1/s1. The Morgan fingerprint density at radius 3 is 2.75 bits per heavy atom. The van der Waals surface area contributed by atoms with Crippen molar-refractivity contribution in [2.75, 3.05) is 0 Å². The largest absolute Gasteiger partial charge is 0.344 e. The highest BCUT2D eigenvalue weighted by molar-refractivity contribution is 7.15. The van der Waals surface area contributed by atoms with Crippen LogP contribution in [0.25, 0.3) is 4.96 Å². The zero-order valence-corrected chi connectivity index (χ0v) is 14.4. The third-order valence-electron chi connectivity index (χ3n) is 3.75. The van der Waals surface area contributed by atoms with Crippen LogP contribution in [0.2, 0.25) is 0 Å². The molecule has 24 heavy (non-hydrogen) atoms. The van der Waals surface area contributed by atoms with Gasteiger partial charge in [0.1, 0.15) is 0 Å². The van der Waals surface area contributed by atoms with Crippen molar-refractivity contribution in [1.82, 2.24) is 14.7 Å². The molecule has 1 aromatic carbocycles. The second-order valence-corrected chi connectivity index (χ2v) is 7.28. The number of nitrogens with zero attached hydrogens (tertiary/aromatic N) is 2. The van der Waals surface area contributed by atoms with Crippen molar-refractivity contribution in [3.8, 4) is 0 Å². The zero-order valence-electron chi connectivity index (χ0n) is 12.8. The maximum absolute atomic E-state index is 12.5. The Balaban J connectivity index is 1.53. The summed E-state index contributed by atoms with van der Waals surface area (Å²) in [7, 11) is 0. The van der Waals surface area contributed by atoms with Gasteiger partial charge < -0.3 is 5.32 Å². The van der Waals surface area contributed by atoms with E-state index in [-0.39, 0.29) is 18.4 Å². The highest BCUT2D eigenvalue weighted by atomic mass is 32.1. The molecule has 3 aromatic heterocycles. The van der Waals surface area contributed by atoms with Crippen LogP contribution in [0.1, 0.15) is 22.2 Å². The number of carbonyl (C=O) groups is 1. The fourth-order valence-electron chi connectivity index (χ4n) is 2.66. The molecular formula is C18H15N3OS2. The van der Waals surface area contributed by atoms with Crippen LogP contribution < -0.4 is 5.32 Å². The number of carbonyl (C=O) groups excluding carboxylic acids is 1. The van der Waals surface area contributed by atoms with Crippen LogP contribution >= 0.6 is 22.7 Å². The van der Waals surface area contributed by atoms with Gasteiger partial charge in [-0.25, -0.2) is 4.98 Å². The van der Waals surface area contributed by atoms with E-state index in [1.54, 1.807) is 22.7 Å². The first-order valence-electron chi connectivity index (χ1n) is 7.58. The summed E-state index contributed by atoms with van der Waals surface area (Å²) >= 11 is 3.21. The number of benzene rings is 1. The minimum absolute atomic E-state index is 0.0250. The highest BCUT2D eigenvalue weighted by Crippen LogP contribution is 2.26. The Hall–Kier alpha value is -2.44. The molecule has 4 nitrogen and oxygen atoms in total. The van der Waals surface area contributed by atoms with Gasteiger partial charge in [-0.3, -0.25) is 9.20 Å². The van der Waals surface area contributed by atoms with E-state index in [1.165, 1.54) is 0 Å². The van der Waals surface area contributed by atoms with Gasteiger partial charge in [-0.15, -0.1) is 22.7 Å². The molecule has 3 heterocycles. The summed E-state index contributed by atoms with van der Waals surface area (Å²) in [6.45, 7) is 0. The summed E-state index contributed by atoms with van der Waals surface area (Å²) in [5, 5.41) is 7.16. The number of aromatic nitrogens is 2.